The fourth-order valence-corrected chi connectivity index (χ4v) is 1.72. The zero-order valence-electron chi connectivity index (χ0n) is 9.05. The number of aryl methyl sites for hydroxylation is 3. The molecule has 1 N–H and O–H groups in total. The summed E-state index contributed by atoms with van der Waals surface area (Å²) < 4.78 is 6.48. The molecule has 0 fully saturated rings. The molecule has 0 saturated carbocycles. The molecular formula is C10H10ClN3O3. The first-order valence-corrected chi connectivity index (χ1v) is 5.32. The van der Waals surface area contributed by atoms with Crippen LogP contribution in [0.25, 0.3) is 0 Å². The Morgan fingerprint density at radius 3 is 3.00 bits per heavy atom. The highest BCUT2D eigenvalue weighted by Gasteiger charge is 2.12. The van der Waals surface area contributed by atoms with Crippen LogP contribution >= 0.6 is 11.6 Å². The molecule has 2 rings (SSSR count). The number of carbonyl (C=O) groups is 1. The van der Waals surface area contributed by atoms with E-state index in [0.29, 0.717) is 29.7 Å². The fraction of sp³-hybridized carbons (Fsp3) is 0.300. The Kier molecular flexibility index (Phi) is 3.14. The highest BCUT2D eigenvalue weighted by molar-refractivity contribution is 6.30. The van der Waals surface area contributed by atoms with Crippen LogP contribution in [0.2, 0.25) is 5.02 Å². The molecule has 0 aliphatic rings. The number of nitrogens with zero attached hydrogens (tertiary/aromatic N) is 3. The van der Waals surface area contributed by atoms with Gasteiger partial charge in [-0.25, -0.2) is 4.79 Å². The highest BCUT2D eigenvalue weighted by atomic mass is 35.5. The third kappa shape index (κ3) is 2.65. The van der Waals surface area contributed by atoms with Crippen LogP contribution in [0.15, 0.2) is 16.8 Å². The molecule has 0 saturated heterocycles. The van der Waals surface area contributed by atoms with Crippen molar-refractivity contribution in [2.24, 2.45) is 0 Å². The van der Waals surface area contributed by atoms with E-state index < -0.39 is 5.97 Å². The van der Waals surface area contributed by atoms with Crippen molar-refractivity contribution in [3.05, 3.63) is 34.7 Å². The van der Waals surface area contributed by atoms with Gasteiger partial charge >= 0.3 is 5.97 Å². The van der Waals surface area contributed by atoms with E-state index in [1.165, 1.54) is 6.07 Å². The van der Waals surface area contributed by atoms with E-state index in [2.05, 4.69) is 10.1 Å². The van der Waals surface area contributed by atoms with Crippen molar-refractivity contribution in [3.8, 4) is 0 Å². The second-order valence-electron chi connectivity index (χ2n) is 3.53. The van der Waals surface area contributed by atoms with Crippen molar-refractivity contribution in [1.29, 1.82) is 0 Å². The van der Waals surface area contributed by atoms with E-state index in [1.54, 1.807) is 17.7 Å². The molecule has 7 heteroatoms. The topological polar surface area (TPSA) is 81.2 Å². The maximum absolute atomic E-state index is 10.9. The van der Waals surface area contributed by atoms with Gasteiger partial charge in [-0.15, -0.1) is 0 Å². The minimum absolute atomic E-state index is 0.145. The van der Waals surface area contributed by atoms with Crippen molar-refractivity contribution in [1.82, 2.24) is 14.7 Å². The molecule has 17 heavy (non-hydrogen) atoms. The lowest BCUT2D eigenvalue weighted by Gasteiger charge is -2.02. The maximum atomic E-state index is 10.9. The monoisotopic (exact) mass is 255 g/mol. The van der Waals surface area contributed by atoms with Gasteiger partial charge in [-0.2, -0.15) is 4.98 Å². The summed E-state index contributed by atoms with van der Waals surface area (Å²) in [5.41, 5.74) is 0.145. The Labute approximate surface area is 102 Å². The maximum Gasteiger partial charge on any atom is 0.352 e. The Balaban J connectivity index is 2.11. The lowest BCUT2D eigenvalue weighted by Crippen LogP contribution is -2.09. The van der Waals surface area contributed by atoms with Gasteiger partial charge in [0.25, 0.3) is 0 Å². The molecular weight excluding hydrogens is 246 g/mol. The van der Waals surface area contributed by atoms with E-state index in [9.17, 15) is 4.79 Å². The highest BCUT2D eigenvalue weighted by Crippen LogP contribution is 2.15. The van der Waals surface area contributed by atoms with Gasteiger partial charge in [0.1, 0.15) is 5.69 Å². The Morgan fingerprint density at radius 2 is 2.41 bits per heavy atom. The number of rotatable bonds is 4. The van der Waals surface area contributed by atoms with Crippen LogP contribution in [0.1, 0.15) is 22.2 Å². The molecule has 0 amide bonds. The van der Waals surface area contributed by atoms with Crippen LogP contribution < -0.4 is 0 Å². The summed E-state index contributed by atoms with van der Waals surface area (Å²) in [5, 5.41) is 13.0. The normalized spacial score (nSPS) is 10.7. The number of hydrogen-bond donors (Lipinski definition) is 1. The second kappa shape index (κ2) is 4.58. The molecule has 2 heterocycles. The van der Waals surface area contributed by atoms with E-state index in [1.807, 2.05) is 0 Å². The van der Waals surface area contributed by atoms with E-state index in [4.69, 9.17) is 21.2 Å². The predicted molar refractivity (Wildman–Crippen MR) is 59.1 cm³/mol. The molecule has 2 aromatic rings. The van der Waals surface area contributed by atoms with Gasteiger partial charge in [-0.1, -0.05) is 16.8 Å². The molecule has 0 spiro atoms. The number of aromatic nitrogens is 3. The first-order chi connectivity index (χ1) is 8.06. The summed E-state index contributed by atoms with van der Waals surface area (Å²) in [5.74, 6) is 0.0197. The molecule has 6 nitrogen and oxygen atoms in total. The van der Waals surface area contributed by atoms with Gasteiger partial charge in [0, 0.05) is 19.2 Å². The average molecular weight is 256 g/mol. The smallest absolute Gasteiger partial charge is 0.352 e. The first kappa shape index (κ1) is 11.7. The van der Waals surface area contributed by atoms with Crippen LogP contribution in [0.5, 0.6) is 0 Å². The van der Waals surface area contributed by atoms with Crippen molar-refractivity contribution in [2.75, 3.05) is 0 Å². The molecule has 0 radical (unpaired) electrons. The minimum atomic E-state index is -1.02. The predicted octanol–water partition coefficient (Wildman–Crippen LogP) is 1.77. The third-order valence-electron chi connectivity index (χ3n) is 2.22. The lowest BCUT2D eigenvalue weighted by atomic mass is 10.4. The van der Waals surface area contributed by atoms with E-state index in [0.717, 1.165) is 0 Å². The van der Waals surface area contributed by atoms with Crippen LogP contribution in [0.4, 0.5) is 0 Å². The Morgan fingerprint density at radius 1 is 1.65 bits per heavy atom. The van der Waals surface area contributed by atoms with E-state index >= 15 is 0 Å². The molecule has 0 aliphatic carbocycles. The molecule has 0 atom stereocenters. The van der Waals surface area contributed by atoms with Gasteiger partial charge in [-0.3, -0.25) is 0 Å². The average Bonchev–Trinajstić information content (AvgIpc) is 2.82. The zero-order valence-corrected chi connectivity index (χ0v) is 9.81. The van der Waals surface area contributed by atoms with Crippen molar-refractivity contribution in [3.63, 3.8) is 0 Å². The summed E-state index contributed by atoms with van der Waals surface area (Å²) in [6.07, 6.45) is 2.03. The fourth-order valence-electron chi connectivity index (χ4n) is 1.50. The molecule has 0 aliphatic heterocycles. The van der Waals surface area contributed by atoms with E-state index in [-0.39, 0.29) is 5.69 Å². The van der Waals surface area contributed by atoms with Crippen LogP contribution in [-0.2, 0) is 13.0 Å². The summed E-state index contributed by atoms with van der Waals surface area (Å²) in [7, 11) is 0. The summed E-state index contributed by atoms with van der Waals surface area (Å²) >= 11 is 5.76. The molecule has 90 valence electrons. The van der Waals surface area contributed by atoms with Gasteiger partial charge < -0.3 is 14.2 Å². The summed E-state index contributed by atoms with van der Waals surface area (Å²) in [4.78, 5) is 15.0. The summed E-state index contributed by atoms with van der Waals surface area (Å²) in [6.45, 7) is 2.15. The summed E-state index contributed by atoms with van der Waals surface area (Å²) in [6, 6.07) is 1.41. The molecule has 0 aromatic carbocycles. The van der Waals surface area contributed by atoms with Crippen molar-refractivity contribution in [2.45, 2.75) is 19.9 Å². The van der Waals surface area contributed by atoms with Crippen molar-refractivity contribution >= 4 is 17.6 Å². The largest absolute Gasteiger partial charge is 0.477 e. The van der Waals surface area contributed by atoms with Crippen LogP contribution in [-0.4, -0.2) is 25.8 Å². The molecule has 2 aromatic heterocycles. The lowest BCUT2D eigenvalue weighted by molar-refractivity contribution is 0.0685. The SMILES string of the molecule is Cc1noc(CCn2cc(Cl)cc2C(=O)O)n1. The first-order valence-electron chi connectivity index (χ1n) is 4.94. The van der Waals surface area contributed by atoms with Crippen molar-refractivity contribution < 1.29 is 14.4 Å². The standard InChI is InChI=1S/C10H10ClN3O3/c1-6-12-9(17-13-6)2-3-14-5-7(11)4-8(14)10(15)16/h4-5H,2-3H2,1H3,(H,15,16). The third-order valence-corrected chi connectivity index (χ3v) is 2.43. The van der Waals surface area contributed by atoms with Crippen LogP contribution in [0, 0.1) is 6.92 Å². The second-order valence-corrected chi connectivity index (χ2v) is 3.96. The minimum Gasteiger partial charge on any atom is -0.477 e. The Bertz CT molecular complexity index is 547. The number of aromatic carboxylic acids is 1. The quantitative estimate of drug-likeness (QED) is 0.900. The zero-order chi connectivity index (χ0) is 12.4. The number of halogens is 1. The van der Waals surface area contributed by atoms with Gasteiger partial charge in [-0.05, 0) is 13.0 Å². The van der Waals surface area contributed by atoms with Gasteiger partial charge in [0.05, 0.1) is 5.02 Å². The number of carboxylic acids is 1. The van der Waals surface area contributed by atoms with Gasteiger partial charge in [0.2, 0.25) is 5.89 Å². The Hall–Kier alpha value is -1.82. The van der Waals surface area contributed by atoms with Gasteiger partial charge in [0.15, 0.2) is 5.82 Å². The number of hydrogen-bond acceptors (Lipinski definition) is 4. The molecule has 0 unspecified atom stereocenters. The van der Waals surface area contributed by atoms with Crippen LogP contribution in [0.3, 0.4) is 0 Å². The molecule has 0 bridgehead atoms. The number of carboxylic acid groups (broad SMARTS) is 1.